The molecule has 118 valence electrons. The van der Waals surface area contributed by atoms with E-state index in [1.54, 1.807) is 0 Å². The highest BCUT2D eigenvalue weighted by molar-refractivity contribution is 5.66. The van der Waals surface area contributed by atoms with E-state index in [2.05, 4.69) is 13.2 Å². The number of esters is 1. The Morgan fingerprint density at radius 1 is 1.43 bits per heavy atom. The summed E-state index contributed by atoms with van der Waals surface area (Å²) < 4.78 is 5.42. The summed E-state index contributed by atoms with van der Waals surface area (Å²) in [5.74, 6) is -0.187. The average molecular weight is 294 g/mol. The molecule has 0 heterocycles. The lowest BCUT2D eigenvalue weighted by Gasteiger charge is -2.58. The van der Waals surface area contributed by atoms with Crippen molar-refractivity contribution in [3.8, 4) is 0 Å². The topological polar surface area (TPSA) is 66.8 Å². The van der Waals surface area contributed by atoms with Crippen LogP contribution in [0.25, 0.3) is 0 Å². The van der Waals surface area contributed by atoms with Crippen molar-refractivity contribution in [2.75, 3.05) is 0 Å². The fraction of sp³-hybridized carbons (Fsp3) is 0.706. The summed E-state index contributed by atoms with van der Waals surface area (Å²) in [7, 11) is 0. The molecule has 21 heavy (non-hydrogen) atoms. The first-order valence-corrected chi connectivity index (χ1v) is 7.54. The van der Waals surface area contributed by atoms with Gasteiger partial charge in [0, 0.05) is 18.8 Å². The molecule has 0 amide bonds. The Labute approximate surface area is 126 Å². The van der Waals surface area contributed by atoms with Crippen molar-refractivity contribution >= 4 is 5.97 Å². The van der Waals surface area contributed by atoms with Crippen LogP contribution in [0.4, 0.5) is 0 Å². The fourth-order valence-electron chi connectivity index (χ4n) is 3.98. The quantitative estimate of drug-likeness (QED) is 0.606. The lowest BCUT2D eigenvalue weighted by molar-refractivity contribution is -0.199. The van der Waals surface area contributed by atoms with Crippen LogP contribution < -0.4 is 0 Å². The van der Waals surface area contributed by atoms with Crippen molar-refractivity contribution in [2.45, 2.75) is 64.3 Å². The minimum atomic E-state index is -1.23. The highest BCUT2D eigenvalue weighted by atomic mass is 16.5. The SMILES string of the molecule is C=C(C)C1CCC2(C)C(OC(C)=O)CC(O)C(=C)C2(O)C1. The van der Waals surface area contributed by atoms with Gasteiger partial charge in [0.1, 0.15) is 6.10 Å². The summed E-state index contributed by atoms with van der Waals surface area (Å²) in [6, 6.07) is 0. The maximum Gasteiger partial charge on any atom is 0.302 e. The zero-order valence-corrected chi connectivity index (χ0v) is 13.2. The number of carbonyl (C=O) groups excluding carboxylic acids is 1. The van der Waals surface area contributed by atoms with Crippen molar-refractivity contribution in [2.24, 2.45) is 11.3 Å². The summed E-state index contributed by atoms with van der Waals surface area (Å²) in [5, 5.41) is 21.5. The van der Waals surface area contributed by atoms with Crippen LogP contribution in [0, 0.1) is 11.3 Å². The molecule has 4 heteroatoms. The first-order valence-electron chi connectivity index (χ1n) is 7.54. The first-order chi connectivity index (χ1) is 9.61. The zero-order chi connectivity index (χ0) is 16.0. The second-order valence-corrected chi connectivity index (χ2v) is 6.94. The molecular formula is C17H26O4. The predicted octanol–water partition coefficient (Wildman–Crippen LogP) is 2.35. The van der Waals surface area contributed by atoms with E-state index >= 15 is 0 Å². The molecule has 5 unspecified atom stereocenters. The van der Waals surface area contributed by atoms with Crippen LogP contribution in [-0.2, 0) is 9.53 Å². The molecule has 2 N–H and O–H groups in total. The Balaban J connectivity index is 2.40. The second-order valence-electron chi connectivity index (χ2n) is 6.94. The molecule has 0 aromatic carbocycles. The van der Waals surface area contributed by atoms with Gasteiger partial charge in [0.25, 0.3) is 0 Å². The van der Waals surface area contributed by atoms with E-state index in [0.717, 1.165) is 12.0 Å². The smallest absolute Gasteiger partial charge is 0.302 e. The number of rotatable bonds is 2. The average Bonchev–Trinajstić information content (AvgIpc) is 2.38. The molecule has 0 radical (unpaired) electrons. The predicted molar refractivity (Wildman–Crippen MR) is 80.5 cm³/mol. The third kappa shape index (κ3) is 2.44. The molecule has 2 rings (SSSR count). The summed E-state index contributed by atoms with van der Waals surface area (Å²) in [6.45, 7) is 13.2. The number of carbonyl (C=O) groups is 1. The maximum absolute atomic E-state index is 11.4. The van der Waals surface area contributed by atoms with E-state index in [9.17, 15) is 15.0 Å². The van der Waals surface area contributed by atoms with E-state index in [1.807, 2.05) is 13.8 Å². The molecule has 2 fully saturated rings. The van der Waals surface area contributed by atoms with Gasteiger partial charge in [-0.1, -0.05) is 25.7 Å². The molecule has 4 nitrogen and oxygen atoms in total. The summed E-state index contributed by atoms with van der Waals surface area (Å²) >= 11 is 0. The Morgan fingerprint density at radius 3 is 2.57 bits per heavy atom. The van der Waals surface area contributed by atoms with Crippen LogP contribution in [0.3, 0.4) is 0 Å². The standard InChI is InChI=1S/C17H26O4/c1-10(2)13-6-7-16(5)15(21-12(4)18)8-14(19)11(3)17(16,20)9-13/h13-15,19-20H,1,3,6-9H2,2,4-5H3. The second kappa shape index (κ2) is 5.25. The monoisotopic (exact) mass is 294 g/mol. The van der Waals surface area contributed by atoms with Crippen molar-refractivity contribution < 1.29 is 19.7 Å². The molecule has 2 aliphatic carbocycles. The Bertz CT molecular complexity index is 483. The summed E-state index contributed by atoms with van der Waals surface area (Å²) in [6.07, 6.45) is 1.05. The molecule has 0 saturated heterocycles. The van der Waals surface area contributed by atoms with Gasteiger partial charge in [0.15, 0.2) is 0 Å². The largest absolute Gasteiger partial charge is 0.462 e. The summed E-state index contributed by atoms with van der Waals surface area (Å²) in [5.41, 5.74) is -0.366. The Hall–Kier alpha value is -1.13. The van der Waals surface area contributed by atoms with Gasteiger partial charge >= 0.3 is 5.97 Å². The minimum absolute atomic E-state index is 0.197. The minimum Gasteiger partial charge on any atom is -0.462 e. The van der Waals surface area contributed by atoms with Gasteiger partial charge in [-0.05, 0) is 37.7 Å². The lowest BCUT2D eigenvalue weighted by atomic mass is 9.51. The third-order valence-corrected chi connectivity index (χ3v) is 5.59. The Kier molecular flexibility index (Phi) is 4.06. The van der Waals surface area contributed by atoms with Crippen LogP contribution in [0.1, 0.15) is 46.5 Å². The van der Waals surface area contributed by atoms with Crippen LogP contribution in [0.15, 0.2) is 24.3 Å². The zero-order valence-electron chi connectivity index (χ0n) is 13.2. The number of fused-ring (bicyclic) bond motifs is 1. The van der Waals surface area contributed by atoms with Gasteiger partial charge in [-0.3, -0.25) is 4.79 Å². The Morgan fingerprint density at radius 2 is 2.05 bits per heavy atom. The lowest BCUT2D eigenvalue weighted by Crippen LogP contribution is -2.64. The van der Waals surface area contributed by atoms with Gasteiger partial charge in [-0.15, -0.1) is 0 Å². The first kappa shape index (κ1) is 16.2. The molecule has 2 saturated carbocycles. The van der Waals surface area contributed by atoms with Crippen LogP contribution in [0.2, 0.25) is 0 Å². The highest BCUT2D eigenvalue weighted by Gasteiger charge is 2.61. The van der Waals surface area contributed by atoms with Gasteiger partial charge in [-0.25, -0.2) is 0 Å². The number of aliphatic hydroxyl groups is 2. The van der Waals surface area contributed by atoms with Crippen LogP contribution >= 0.6 is 0 Å². The number of ether oxygens (including phenoxy) is 1. The maximum atomic E-state index is 11.4. The molecule has 2 aliphatic rings. The molecule has 0 aromatic heterocycles. The van der Waals surface area contributed by atoms with Gasteiger partial charge in [0.05, 0.1) is 11.7 Å². The third-order valence-electron chi connectivity index (χ3n) is 5.59. The molecule has 0 bridgehead atoms. The van der Waals surface area contributed by atoms with Gasteiger partial charge in [-0.2, -0.15) is 0 Å². The molecule has 0 aromatic rings. The van der Waals surface area contributed by atoms with Crippen LogP contribution in [-0.4, -0.2) is 34.0 Å². The fourth-order valence-corrected chi connectivity index (χ4v) is 3.98. The molecule has 5 atom stereocenters. The van der Waals surface area contributed by atoms with E-state index in [-0.39, 0.29) is 11.9 Å². The van der Waals surface area contributed by atoms with E-state index in [1.165, 1.54) is 6.92 Å². The van der Waals surface area contributed by atoms with E-state index in [4.69, 9.17) is 4.74 Å². The van der Waals surface area contributed by atoms with Crippen molar-refractivity contribution in [1.82, 2.24) is 0 Å². The number of allylic oxidation sites excluding steroid dienone is 1. The van der Waals surface area contributed by atoms with Crippen molar-refractivity contribution in [3.63, 3.8) is 0 Å². The van der Waals surface area contributed by atoms with E-state index in [0.29, 0.717) is 24.8 Å². The highest BCUT2D eigenvalue weighted by Crippen LogP contribution is 2.57. The van der Waals surface area contributed by atoms with Crippen molar-refractivity contribution in [1.29, 1.82) is 0 Å². The van der Waals surface area contributed by atoms with Crippen molar-refractivity contribution in [3.05, 3.63) is 24.3 Å². The number of hydrogen-bond donors (Lipinski definition) is 2. The normalized spacial score (nSPS) is 43.1. The number of aliphatic hydroxyl groups excluding tert-OH is 1. The van der Waals surface area contributed by atoms with Crippen LogP contribution in [0.5, 0.6) is 0 Å². The van der Waals surface area contributed by atoms with Gasteiger partial charge < -0.3 is 14.9 Å². The summed E-state index contributed by atoms with van der Waals surface area (Å²) in [4.78, 5) is 11.4. The van der Waals surface area contributed by atoms with E-state index < -0.39 is 23.2 Å². The molecular weight excluding hydrogens is 268 g/mol. The molecule has 0 aliphatic heterocycles. The molecule has 0 spiro atoms. The number of hydrogen-bond acceptors (Lipinski definition) is 4. The van der Waals surface area contributed by atoms with Gasteiger partial charge in [0.2, 0.25) is 0 Å².